The monoisotopic (exact) mass is 292 g/mol. The van der Waals surface area contributed by atoms with Gasteiger partial charge in [-0.3, -0.25) is 14.7 Å². The highest BCUT2D eigenvalue weighted by Gasteiger charge is 2.26. The van der Waals surface area contributed by atoms with E-state index in [1.807, 2.05) is 24.5 Å². The maximum Gasteiger partial charge on any atom is 0.229 e. The number of hydrogen-bond acceptors (Lipinski definition) is 3. The van der Waals surface area contributed by atoms with Gasteiger partial charge in [0.1, 0.15) is 10.7 Å². The molecule has 5 nitrogen and oxygen atoms in total. The molecule has 0 atom stereocenters. The number of halogens is 1. The molecule has 0 spiro atoms. The van der Waals surface area contributed by atoms with E-state index in [0.717, 1.165) is 24.0 Å². The van der Waals surface area contributed by atoms with Crippen LogP contribution in [-0.2, 0) is 4.79 Å². The second-order valence-corrected chi connectivity index (χ2v) is 5.90. The van der Waals surface area contributed by atoms with E-state index in [9.17, 15) is 4.79 Å². The summed E-state index contributed by atoms with van der Waals surface area (Å²) < 4.78 is 2.02. The molecule has 1 fully saturated rings. The Labute approximate surface area is 122 Å². The normalized spacial score (nSPS) is 15.6. The van der Waals surface area contributed by atoms with Gasteiger partial charge in [-0.1, -0.05) is 25.4 Å². The van der Waals surface area contributed by atoms with Crippen molar-refractivity contribution < 1.29 is 4.79 Å². The molecule has 20 heavy (non-hydrogen) atoms. The second kappa shape index (κ2) is 5.05. The van der Waals surface area contributed by atoms with Gasteiger partial charge in [0.25, 0.3) is 0 Å². The summed E-state index contributed by atoms with van der Waals surface area (Å²) >= 11 is 5.98. The smallest absolute Gasteiger partial charge is 0.229 e. The van der Waals surface area contributed by atoms with Gasteiger partial charge < -0.3 is 0 Å². The van der Waals surface area contributed by atoms with E-state index in [-0.39, 0.29) is 11.8 Å². The fraction of sp³-hybridized carbons (Fsp3) is 0.500. The maximum atomic E-state index is 11.9. The lowest BCUT2D eigenvalue weighted by Gasteiger charge is -2.28. The molecule has 1 aliphatic carbocycles. The van der Waals surface area contributed by atoms with Crippen LogP contribution >= 0.6 is 11.6 Å². The Morgan fingerprint density at radius 1 is 1.40 bits per heavy atom. The zero-order chi connectivity index (χ0) is 14.3. The first-order valence-electron chi connectivity index (χ1n) is 6.91. The van der Waals surface area contributed by atoms with Crippen LogP contribution in [0.1, 0.15) is 39.2 Å². The molecule has 1 saturated carbocycles. The highest BCUT2D eigenvalue weighted by molar-refractivity contribution is 6.29. The highest BCUT2D eigenvalue weighted by atomic mass is 35.5. The summed E-state index contributed by atoms with van der Waals surface area (Å²) in [7, 11) is 0. The van der Waals surface area contributed by atoms with Crippen LogP contribution in [0.15, 0.2) is 12.1 Å². The number of aromatic nitrogens is 3. The van der Waals surface area contributed by atoms with Crippen molar-refractivity contribution >= 4 is 34.6 Å². The molecule has 3 rings (SSSR count). The average Bonchev–Trinajstić information content (AvgIpc) is 2.66. The molecule has 1 aliphatic rings. The molecule has 1 N–H and O–H groups in total. The van der Waals surface area contributed by atoms with Gasteiger partial charge in [-0.25, -0.2) is 9.97 Å². The van der Waals surface area contributed by atoms with Crippen LogP contribution in [0.5, 0.6) is 0 Å². The molecule has 0 saturated heterocycles. The minimum Gasteiger partial charge on any atom is -0.296 e. The van der Waals surface area contributed by atoms with Crippen molar-refractivity contribution in [3.05, 3.63) is 17.3 Å². The molecular formula is C14H17ClN4O. The van der Waals surface area contributed by atoms with Crippen molar-refractivity contribution in [2.75, 3.05) is 5.32 Å². The Hall–Kier alpha value is -1.62. The number of nitrogens with one attached hydrogen (secondary N) is 1. The van der Waals surface area contributed by atoms with Gasteiger partial charge in [0.2, 0.25) is 11.9 Å². The van der Waals surface area contributed by atoms with Crippen molar-refractivity contribution in [1.29, 1.82) is 0 Å². The third-order valence-electron chi connectivity index (χ3n) is 3.70. The lowest BCUT2D eigenvalue weighted by Crippen LogP contribution is -2.24. The van der Waals surface area contributed by atoms with E-state index in [1.165, 1.54) is 6.42 Å². The Balaban J connectivity index is 2.07. The van der Waals surface area contributed by atoms with E-state index in [4.69, 9.17) is 11.6 Å². The molecule has 0 unspecified atom stereocenters. The Morgan fingerprint density at radius 2 is 2.15 bits per heavy atom. The summed E-state index contributed by atoms with van der Waals surface area (Å²) in [5.74, 6) is 0.464. The summed E-state index contributed by atoms with van der Waals surface area (Å²) in [6.07, 6.45) is 3.37. The van der Waals surface area contributed by atoms with E-state index in [0.29, 0.717) is 17.1 Å². The Morgan fingerprint density at radius 3 is 2.75 bits per heavy atom. The first kappa shape index (κ1) is 13.4. The van der Waals surface area contributed by atoms with Crippen molar-refractivity contribution in [2.45, 2.75) is 39.2 Å². The predicted molar refractivity (Wildman–Crippen MR) is 78.9 cm³/mol. The van der Waals surface area contributed by atoms with Crippen LogP contribution in [-0.4, -0.2) is 20.4 Å². The van der Waals surface area contributed by atoms with Crippen LogP contribution < -0.4 is 5.32 Å². The standard InChI is InChI=1S/C14H17ClN4O/c1-8(2)13(20)18-14-16-10-6-7-11(15)17-12(10)19(14)9-4-3-5-9/h6-9H,3-5H2,1-2H3,(H,16,18,20). The van der Waals surface area contributed by atoms with Gasteiger partial charge in [-0.15, -0.1) is 0 Å². The lowest BCUT2D eigenvalue weighted by atomic mass is 9.93. The first-order valence-corrected chi connectivity index (χ1v) is 7.29. The quantitative estimate of drug-likeness (QED) is 0.882. The van der Waals surface area contributed by atoms with E-state index < -0.39 is 0 Å². The SMILES string of the molecule is CC(C)C(=O)Nc1nc2ccc(Cl)nc2n1C1CCC1. The molecule has 0 aromatic carbocycles. The average molecular weight is 293 g/mol. The number of imidazole rings is 1. The third kappa shape index (κ3) is 2.26. The fourth-order valence-corrected chi connectivity index (χ4v) is 2.43. The molecule has 0 radical (unpaired) electrons. The number of fused-ring (bicyclic) bond motifs is 1. The number of anilines is 1. The Bertz CT molecular complexity index is 660. The van der Waals surface area contributed by atoms with Gasteiger partial charge in [0.05, 0.1) is 0 Å². The lowest BCUT2D eigenvalue weighted by molar-refractivity contribution is -0.119. The number of carbonyl (C=O) groups is 1. The summed E-state index contributed by atoms with van der Waals surface area (Å²) in [5, 5.41) is 3.34. The number of pyridine rings is 1. The summed E-state index contributed by atoms with van der Waals surface area (Å²) in [6, 6.07) is 3.91. The van der Waals surface area contributed by atoms with Crippen LogP contribution in [0.3, 0.4) is 0 Å². The molecule has 0 bridgehead atoms. The van der Waals surface area contributed by atoms with Gasteiger partial charge in [-0.05, 0) is 31.4 Å². The second-order valence-electron chi connectivity index (χ2n) is 5.51. The zero-order valence-electron chi connectivity index (χ0n) is 11.6. The Kier molecular flexibility index (Phi) is 3.38. The fourth-order valence-electron chi connectivity index (χ4n) is 2.28. The molecule has 2 aromatic heterocycles. The minimum absolute atomic E-state index is 0.0352. The van der Waals surface area contributed by atoms with Crippen LogP contribution in [0.25, 0.3) is 11.2 Å². The van der Waals surface area contributed by atoms with Crippen molar-refractivity contribution in [2.24, 2.45) is 5.92 Å². The number of nitrogens with zero attached hydrogens (tertiary/aromatic N) is 3. The van der Waals surface area contributed by atoms with E-state index >= 15 is 0 Å². The van der Waals surface area contributed by atoms with Crippen LogP contribution in [0, 0.1) is 5.92 Å². The number of carbonyl (C=O) groups excluding carboxylic acids is 1. The topological polar surface area (TPSA) is 59.8 Å². The predicted octanol–water partition coefficient (Wildman–Crippen LogP) is 3.40. The number of hydrogen-bond donors (Lipinski definition) is 1. The molecular weight excluding hydrogens is 276 g/mol. The van der Waals surface area contributed by atoms with Crippen LogP contribution in [0.2, 0.25) is 5.15 Å². The molecule has 2 heterocycles. The third-order valence-corrected chi connectivity index (χ3v) is 3.91. The highest BCUT2D eigenvalue weighted by Crippen LogP contribution is 2.36. The minimum atomic E-state index is -0.0822. The van der Waals surface area contributed by atoms with Crippen molar-refractivity contribution in [3.8, 4) is 0 Å². The zero-order valence-corrected chi connectivity index (χ0v) is 12.3. The first-order chi connectivity index (χ1) is 9.56. The van der Waals surface area contributed by atoms with Gasteiger partial charge >= 0.3 is 0 Å². The molecule has 2 aromatic rings. The summed E-state index contributed by atoms with van der Waals surface area (Å²) in [4.78, 5) is 20.8. The molecule has 0 aliphatic heterocycles. The molecule has 6 heteroatoms. The molecule has 1 amide bonds. The van der Waals surface area contributed by atoms with E-state index in [1.54, 1.807) is 6.07 Å². The maximum absolute atomic E-state index is 11.9. The number of rotatable bonds is 3. The van der Waals surface area contributed by atoms with E-state index in [2.05, 4.69) is 15.3 Å². The van der Waals surface area contributed by atoms with Gasteiger partial charge in [-0.2, -0.15) is 0 Å². The largest absolute Gasteiger partial charge is 0.296 e. The van der Waals surface area contributed by atoms with Crippen molar-refractivity contribution in [3.63, 3.8) is 0 Å². The summed E-state index contributed by atoms with van der Waals surface area (Å²) in [6.45, 7) is 3.72. The van der Waals surface area contributed by atoms with Crippen molar-refractivity contribution in [1.82, 2.24) is 14.5 Å². The van der Waals surface area contributed by atoms with Gasteiger partial charge in [0, 0.05) is 12.0 Å². The van der Waals surface area contributed by atoms with Gasteiger partial charge in [0.15, 0.2) is 5.65 Å². The van der Waals surface area contributed by atoms with Crippen LogP contribution in [0.4, 0.5) is 5.95 Å². The molecule has 106 valence electrons. The summed E-state index contributed by atoms with van der Waals surface area (Å²) in [5.41, 5.74) is 1.52. The number of amides is 1.